The first-order valence-corrected chi connectivity index (χ1v) is 8.59. The van der Waals surface area contributed by atoms with Crippen LogP contribution < -0.4 is 10.1 Å². The fraction of sp³-hybridized carbons (Fsp3) is 0.444. The number of carbonyl (C=O) groups excluding carboxylic acids is 4. The SMILES string of the molecule is CCCOCCOc1ccc2c(c1)C(=O)N(C1CCC(=O)NC1=O)C2=O. The Kier molecular flexibility index (Phi) is 5.32. The van der Waals surface area contributed by atoms with Crippen molar-refractivity contribution < 1.29 is 28.7 Å². The summed E-state index contributed by atoms with van der Waals surface area (Å²) in [5.41, 5.74) is 0.431. The van der Waals surface area contributed by atoms with E-state index in [0.717, 1.165) is 11.3 Å². The van der Waals surface area contributed by atoms with Gasteiger partial charge >= 0.3 is 0 Å². The molecule has 8 heteroatoms. The van der Waals surface area contributed by atoms with E-state index in [1.54, 1.807) is 6.07 Å². The molecule has 1 aromatic carbocycles. The van der Waals surface area contributed by atoms with E-state index in [0.29, 0.717) is 25.6 Å². The predicted octanol–water partition coefficient (Wildman–Crippen LogP) is 0.893. The number of rotatable bonds is 7. The fourth-order valence-electron chi connectivity index (χ4n) is 3.00. The number of piperidine rings is 1. The van der Waals surface area contributed by atoms with Crippen LogP contribution >= 0.6 is 0 Å². The number of nitrogens with one attached hydrogen (secondary N) is 1. The van der Waals surface area contributed by atoms with E-state index in [-0.39, 0.29) is 24.0 Å². The average Bonchev–Trinajstić information content (AvgIpc) is 2.86. The zero-order chi connectivity index (χ0) is 18.7. The summed E-state index contributed by atoms with van der Waals surface area (Å²) in [7, 11) is 0. The second-order valence-corrected chi connectivity index (χ2v) is 6.12. The molecular weight excluding hydrogens is 340 g/mol. The fourth-order valence-corrected chi connectivity index (χ4v) is 3.00. The molecule has 1 saturated heterocycles. The van der Waals surface area contributed by atoms with E-state index in [2.05, 4.69) is 5.32 Å². The molecule has 1 fully saturated rings. The van der Waals surface area contributed by atoms with Crippen LogP contribution in [-0.4, -0.2) is 54.4 Å². The van der Waals surface area contributed by atoms with Gasteiger partial charge in [-0.25, -0.2) is 0 Å². The number of imide groups is 2. The molecule has 0 aromatic heterocycles. The molecule has 1 N–H and O–H groups in total. The van der Waals surface area contributed by atoms with Gasteiger partial charge in [-0.3, -0.25) is 29.4 Å². The van der Waals surface area contributed by atoms with Crippen LogP contribution in [0, 0.1) is 0 Å². The molecule has 4 amide bonds. The number of benzene rings is 1. The first-order chi connectivity index (χ1) is 12.5. The molecule has 1 unspecified atom stereocenters. The highest BCUT2D eigenvalue weighted by atomic mass is 16.5. The summed E-state index contributed by atoms with van der Waals surface area (Å²) < 4.78 is 10.9. The van der Waals surface area contributed by atoms with Crippen molar-refractivity contribution in [3.05, 3.63) is 29.3 Å². The van der Waals surface area contributed by atoms with E-state index in [1.165, 1.54) is 12.1 Å². The van der Waals surface area contributed by atoms with Gasteiger partial charge in [0, 0.05) is 13.0 Å². The summed E-state index contributed by atoms with van der Waals surface area (Å²) in [4.78, 5) is 49.4. The normalized spacial score (nSPS) is 19.6. The van der Waals surface area contributed by atoms with Crippen LogP contribution in [0.3, 0.4) is 0 Å². The predicted molar refractivity (Wildman–Crippen MR) is 89.7 cm³/mol. The van der Waals surface area contributed by atoms with E-state index < -0.39 is 29.7 Å². The lowest BCUT2D eigenvalue weighted by Crippen LogP contribution is -2.54. The molecule has 0 saturated carbocycles. The van der Waals surface area contributed by atoms with Gasteiger partial charge in [-0.05, 0) is 31.0 Å². The lowest BCUT2D eigenvalue weighted by atomic mass is 10.0. The largest absolute Gasteiger partial charge is 0.491 e. The molecule has 1 atom stereocenters. The first kappa shape index (κ1) is 18.1. The summed E-state index contributed by atoms with van der Waals surface area (Å²) in [5.74, 6) is -1.65. The Morgan fingerprint density at radius 1 is 1.08 bits per heavy atom. The topological polar surface area (TPSA) is 102 Å². The Balaban J connectivity index is 1.71. The van der Waals surface area contributed by atoms with Crippen molar-refractivity contribution in [2.45, 2.75) is 32.2 Å². The van der Waals surface area contributed by atoms with Crippen molar-refractivity contribution in [1.82, 2.24) is 10.2 Å². The molecule has 1 aromatic rings. The molecule has 0 radical (unpaired) electrons. The summed E-state index contributed by atoms with van der Waals surface area (Å²) >= 11 is 0. The zero-order valence-electron chi connectivity index (χ0n) is 14.4. The maximum atomic E-state index is 12.7. The number of hydrogen-bond acceptors (Lipinski definition) is 6. The van der Waals surface area contributed by atoms with Gasteiger partial charge in [0.15, 0.2) is 0 Å². The molecule has 8 nitrogen and oxygen atoms in total. The van der Waals surface area contributed by atoms with Gasteiger partial charge in [0.05, 0.1) is 17.7 Å². The minimum atomic E-state index is -0.966. The van der Waals surface area contributed by atoms with Crippen LogP contribution in [-0.2, 0) is 14.3 Å². The highest BCUT2D eigenvalue weighted by Gasteiger charge is 2.44. The Labute approximate surface area is 150 Å². The van der Waals surface area contributed by atoms with Gasteiger partial charge in [0.2, 0.25) is 11.8 Å². The summed E-state index contributed by atoms with van der Waals surface area (Å²) in [6.45, 7) is 3.43. The van der Waals surface area contributed by atoms with E-state index >= 15 is 0 Å². The molecule has 0 aliphatic carbocycles. The summed E-state index contributed by atoms with van der Waals surface area (Å²) in [6, 6.07) is 3.66. The van der Waals surface area contributed by atoms with E-state index in [1.807, 2.05) is 6.92 Å². The van der Waals surface area contributed by atoms with Crippen molar-refractivity contribution in [1.29, 1.82) is 0 Å². The minimum absolute atomic E-state index is 0.0932. The third-order valence-corrected chi connectivity index (χ3v) is 4.26. The van der Waals surface area contributed by atoms with Gasteiger partial charge in [-0.2, -0.15) is 0 Å². The summed E-state index contributed by atoms with van der Waals surface area (Å²) in [5, 5.41) is 2.17. The molecule has 2 aliphatic heterocycles. The average molecular weight is 360 g/mol. The molecule has 26 heavy (non-hydrogen) atoms. The van der Waals surface area contributed by atoms with Gasteiger partial charge in [0.25, 0.3) is 11.8 Å². The Hall–Kier alpha value is -2.74. The number of fused-ring (bicyclic) bond motifs is 1. The Morgan fingerprint density at radius 2 is 1.85 bits per heavy atom. The molecular formula is C18H20N2O6. The van der Waals surface area contributed by atoms with Crippen molar-refractivity contribution in [3.8, 4) is 5.75 Å². The molecule has 2 heterocycles. The van der Waals surface area contributed by atoms with Crippen LogP contribution in [0.5, 0.6) is 5.75 Å². The highest BCUT2D eigenvalue weighted by Crippen LogP contribution is 2.30. The van der Waals surface area contributed by atoms with Crippen LogP contribution in [0.4, 0.5) is 0 Å². The van der Waals surface area contributed by atoms with E-state index in [4.69, 9.17) is 9.47 Å². The first-order valence-electron chi connectivity index (χ1n) is 8.59. The molecule has 0 spiro atoms. The van der Waals surface area contributed by atoms with Crippen molar-refractivity contribution in [2.24, 2.45) is 0 Å². The second kappa shape index (κ2) is 7.65. The third kappa shape index (κ3) is 3.45. The monoisotopic (exact) mass is 360 g/mol. The maximum Gasteiger partial charge on any atom is 0.262 e. The number of amides is 4. The third-order valence-electron chi connectivity index (χ3n) is 4.26. The minimum Gasteiger partial charge on any atom is -0.491 e. The quantitative estimate of drug-likeness (QED) is 0.572. The smallest absolute Gasteiger partial charge is 0.262 e. The lowest BCUT2D eigenvalue weighted by molar-refractivity contribution is -0.136. The summed E-state index contributed by atoms with van der Waals surface area (Å²) in [6.07, 6.45) is 1.15. The van der Waals surface area contributed by atoms with Crippen LogP contribution in [0.15, 0.2) is 18.2 Å². The van der Waals surface area contributed by atoms with Gasteiger partial charge < -0.3 is 9.47 Å². The number of ether oxygens (including phenoxy) is 2. The van der Waals surface area contributed by atoms with E-state index in [9.17, 15) is 19.2 Å². The van der Waals surface area contributed by atoms with Gasteiger partial charge in [-0.1, -0.05) is 6.92 Å². The number of nitrogens with zero attached hydrogens (tertiary/aromatic N) is 1. The molecule has 0 bridgehead atoms. The van der Waals surface area contributed by atoms with Gasteiger partial charge in [-0.15, -0.1) is 0 Å². The number of carbonyl (C=O) groups is 4. The molecule has 138 valence electrons. The second-order valence-electron chi connectivity index (χ2n) is 6.12. The van der Waals surface area contributed by atoms with Crippen LogP contribution in [0.25, 0.3) is 0 Å². The molecule has 3 rings (SSSR count). The van der Waals surface area contributed by atoms with Crippen molar-refractivity contribution >= 4 is 23.6 Å². The zero-order valence-corrected chi connectivity index (χ0v) is 14.4. The van der Waals surface area contributed by atoms with Gasteiger partial charge in [0.1, 0.15) is 18.4 Å². The maximum absolute atomic E-state index is 12.7. The Bertz CT molecular complexity index is 760. The highest BCUT2D eigenvalue weighted by molar-refractivity contribution is 6.23. The Morgan fingerprint density at radius 3 is 2.58 bits per heavy atom. The number of hydrogen-bond donors (Lipinski definition) is 1. The van der Waals surface area contributed by atoms with Crippen molar-refractivity contribution in [2.75, 3.05) is 19.8 Å². The molecule has 2 aliphatic rings. The van der Waals surface area contributed by atoms with Crippen LogP contribution in [0.1, 0.15) is 46.9 Å². The standard InChI is InChI=1S/C18H20N2O6/c1-2-7-25-8-9-26-11-3-4-12-13(10-11)18(24)20(17(12)23)14-5-6-15(21)19-16(14)22/h3-4,10,14H,2,5-9H2,1H3,(H,19,21,22). The van der Waals surface area contributed by atoms with Crippen molar-refractivity contribution in [3.63, 3.8) is 0 Å². The van der Waals surface area contributed by atoms with Crippen LogP contribution in [0.2, 0.25) is 0 Å². The lowest BCUT2D eigenvalue weighted by Gasteiger charge is -2.27.